The number of unbranched alkanes of at least 4 members (excludes halogenated alkanes) is 1. The van der Waals surface area contributed by atoms with Crippen molar-refractivity contribution in [3.05, 3.63) is 59.6 Å². The fourth-order valence-corrected chi connectivity index (χ4v) is 2.63. The lowest BCUT2D eigenvalue weighted by Crippen LogP contribution is -2.12. The molecular formula is C20H20FNO3. The second-order valence-electron chi connectivity index (χ2n) is 5.85. The fourth-order valence-electron chi connectivity index (χ4n) is 2.63. The minimum Gasteiger partial charge on any atom is -0.494 e. The maximum atomic E-state index is 13.0. The van der Waals surface area contributed by atoms with Gasteiger partial charge in [-0.15, -0.1) is 0 Å². The lowest BCUT2D eigenvalue weighted by atomic mass is 10.1. The van der Waals surface area contributed by atoms with Gasteiger partial charge in [-0.2, -0.15) is 0 Å². The maximum absolute atomic E-state index is 13.0. The first-order valence-corrected chi connectivity index (χ1v) is 8.31. The van der Waals surface area contributed by atoms with Crippen LogP contribution in [0.1, 0.15) is 35.9 Å². The molecule has 2 aromatic carbocycles. The standard InChI is InChI=1S/C20H20FNO3/c1-3-4-11-24-16-9-10-18-17(12-16)19(13(2)25-18)20(23)22-15-7-5-14(21)6-8-15/h5-10,12H,3-4,11H2,1-2H3,(H,22,23). The molecule has 1 N–H and O–H groups in total. The average Bonchev–Trinajstić information content (AvgIpc) is 2.92. The number of carbonyl (C=O) groups is 1. The van der Waals surface area contributed by atoms with Gasteiger partial charge in [0.25, 0.3) is 5.91 Å². The number of aryl methyl sites for hydroxylation is 1. The molecule has 0 aliphatic carbocycles. The van der Waals surface area contributed by atoms with Gasteiger partial charge >= 0.3 is 0 Å². The smallest absolute Gasteiger partial charge is 0.259 e. The first kappa shape index (κ1) is 17.0. The Balaban J connectivity index is 1.88. The molecule has 0 unspecified atom stereocenters. The molecule has 0 aliphatic rings. The van der Waals surface area contributed by atoms with E-state index in [2.05, 4.69) is 12.2 Å². The van der Waals surface area contributed by atoms with Crippen molar-refractivity contribution >= 4 is 22.6 Å². The topological polar surface area (TPSA) is 51.5 Å². The minimum atomic E-state index is -0.350. The first-order chi connectivity index (χ1) is 12.1. The van der Waals surface area contributed by atoms with Gasteiger partial charge in [0.15, 0.2) is 0 Å². The Morgan fingerprint density at radius 3 is 2.68 bits per heavy atom. The van der Waals surface area contributed by atoms with E-state index in [1.807, 2.05) is 12.1 Å². The summed E-state index contributed by atoms with van der Waals surface area (Å²) in [5.41, 5.74) is 1.61. The van der Waals surface area contributed by atoms with Crippen LogP contribution in [0.25, 0.3) is 11.0 Å². The highest BCUT2D eigenvalue weighted by molar-refractivity contribution is 6.13. The number of nitrogens with one attached hydrogen (secondary N) is 1. The third kappa shape index (κ3) is 3.82. The summed E-state index contributed by atoms with van der Waals surface area (Å²) in [5.74, 6) is 0.586. The molecule has 0 fully saturated rings. The third-order valence-electron chi connectivity index (χ3n) is 3.93. The van der Waals surface area contributed by atoms with Crippen molar-refractivity contribution in [2.24, 2.45) is 0 Å². The maximum Gasteiger partial charge on any atom is 0.259 e. The lowest BCUT2D eigenvalue weighted by molar-refractivity contribution is 0.102. The number of furan rings is 1. The van der Waals surface area contributed by atoms with Gasteiger partial charge in [-0.3, -0.25) is 4.79 Å². The van der Waals surface area contributed by atoms with E-state index in [4.69, 9.17) is 9.15 Å². The van der Waals surface area contributed by atoms with Crippen LogP contribution in [0.5, 0.6) is 5.75 Å². The second-order valence-corrected chi connectivity index (χ2v) is 5.85. The molecule has 3 aromatic rings. The van der Waals surface area contributed by atoms with Crippen LogP contribution in [0.15, 0.2) is 46.9 Å². The molecule has 0 atom stereocenters. The zero-order chi connectivity index (χ0) is 17.8. The van der Waals surface area contributed by atoms with Crippen LogP contribution >= 0.6 is 0 Å². The van der Waals surface area contributed by atoms with E-state index in [-0.39, 0.29) is 11.7 Å². The highest BCUT2D eigenvalue weighted by Gasteiger charge is 2.19. The highest BCUT2D eigenvalue weighted by Crippen LogP contribution is 2.30. The number of benzene rings is 2. The van der Waals surface area contributed by atoms with Crippen molar-refractivity contribution in [3.63, 3.8) is 0 Å². The Bertz CT molecular complexity index is 884. The first-order valence-electron chi connectivity index (χ1n) is 8.31. The monoisotopic (exact) mass is 341 g/mol. The number of hydrogen-bond acceptors (Lipinski definition) is 3. The fraction of sp³-hybridized carbons (Fsp3) is 0.250. The Hall–Kier alpha value is -2.82. The summed E-state index contributed by atoms with van der Waals surface area (Å²) in [5, 5.41) is 3.47. The van der Waals surface area contributed by atoms with E-state index in [9.17, 15) is 9.18 Å². The molecule has 0 spiro atoms. The average molecular weight is 341 g/mol. The molecule has 25 heavy (non-hydrogen) atoms. The van der Waals surface area contributed by atoms with Crippen molar-refractivity contribution in [1.82, 2.24) is 0 Å². The zero-order valence-electron chi connectivity index (χ0n) is 14.3. The van der Waals surface area contributed by atoms with Crippen molar-refractivity contribution in [2.45, 2.75) is 26.7 Å². The van der Waals surface area contributed by atoms with Crippen LogP contribution in [0.4, 0.5) is 10.1 Å². The van der Waals surface area contributed by atoms with Gasteiger partial charge in [0.05, 0.1) is 12.2 Å². The largest absolute Gasteiger partial charge is 0.494 e. The van der Waals surface area contributed by atoms with Crippen molar-refractivity contribution < 1.29 is 18.3 Å². The van der Waals surface area contributed by atoms with E-state index in [1.54, 1.807) is 13.0 Å². The molecule has 5 heteroatoms. The molecule has 0 aliphatic heterocycles. The molecule has 0 radical (unpaired) electrons. The number of ether oxygens (including phenoxy) is 1. The van der Waals surface area contributed by atoms with Crippen LogP contribution in [-0.4, -0.2) is 12.5 Å². The van der Waals surface area contributed by atoms with Crippen molar-refractivity contribution in [3.8, 4) is 5.75 Å². The lowest BCUT2D eigenvalue weighted by Gasteiger charge is -2.06. The van der Waals surface area contributed by atoms with Crippen LogP contribution < -0.4 is 10.1 Å². The number of fused-ring (bicyclic) bond motifs is 1. The van der Waals surface area contributed by atoms with Gasteiger partial charge in [-0.25, -0.2) is 4.39 Å². The van der Waals surface area contributed by atoms with Gasteiger partial charge < -0.3 is 14.5 Å². The summed E-state index contributed by atoms with van der Waals surface area (Å²) >= 11 is 0. The van der Waals surface area contributed by atoms with Crippen molar-refractivity contribution in [2.75, 3.05) is 11.9 Å². The predicted octanol–water partition coefficient (Wildman–Crippen LogP) is 5.31. The summed E-state index contributed by atoms with van der Waals surface area (Å²) in [7, 11) is 0. The molecule has 4 nitrogen and oxygen atoms in total. The van der Waals surface area contributed by atoms with Gasteiger partial charge in [0.1, 0.15) is 22.9 Å². The SMILES string of the molecule is CCCCOc1ccc2oc(C)c(C(=O)Nc3ccc(F)cc3)c2c1. The second kappa shape index (κ2) is 7.38. The normalized spacial score (nSPS) is 10.8. The van der Waals surface area contributed by atoms with E-state index in [0.717, 1.165) is 12.8 Å². The Morgan fingerprint density at radius 1 is 1.20 bits per heavy atom. The molecule has 1 aromatic heterocycles. The summed E-state index contributed by atoms with van der Waals surface area (Å²) in [6.45, 7) is 4.48. The van der Waals surface area contributed by atoms with Crippen LogP contribution in [0.2, 0.25) is 0 Å². The number of rotatable bonds is 6. The summed E-state index contributed by atoms with van der Waals surface area (Å²) in [6, 6.07) is 11.1. The van der Waals surface area contributed by atoms with Crippen molar-refractivity contribution in [1.29, 1.82) is 0 Å². The number of hydrogen-bond donors (Lipinski definition) is 1. The van der Waals surface area contributed by atoms with E-state index < -0.39 is 0 Å². The number of amides is 1. The van der Waals surface area contributed by atoms with Crippen LogP contribution in [-0.2, 0) is 0 Å². The summed E-state index contributed by atoms with van der Waals surface area (Å²) in [6.07, 6.45) is 2.03. The molecule has 3 rings (SSSR count). The van der Waals surface area contributed by atoms with E-state index in [0.29, 0.717) is 40.3 Å². The molecular weight excluding hydrogens is 321 g/mol. The Morgan fingerprint density at radius 2 is 1.96 bits per heavy atom. The Kier molecular flexibility index (Phi) is 5.03. The molecule has 1 amide bonds. The molecule has 130 valence electrons. The van der Waals surface area contributed by atoms with Gasteiger partial charge in [-0.1, -0.05) is 13.3 Å². The summed E-state index contributed by atoms with van der Waals surface area (Å²) in [4.78, 5) is 12.7. The predicted molar refractivity (Wildman–Crippen MR) is 95.7 cm³/mol. The summed E-state index contributed by atoms with van der Waals surface area (Å²) < 4.78 is 24.4. The zero-order valence-corrected chi connectivity index (χ0v) is 14.3. The number of carbonyl (C=O) groups excluding carboxylic acids is 1. The Labute approximate surface area is 145 Å². The van der Waals surface area contributed by atoms with Gasteiger partial charge in [0.2, 0.25) is 0 Å². The minimum absolute atomic E-state index is 0.298. The third-order valence-corrected chi connectivity index (χ3v) is 3.93. The highest BCUT2D eigenvalue weighted by atomic mass is 19.1. The van der Waals surface area contributed by atoms with Crippen LogP contribution in [0.3, 0.4) is 0 Å². The molecule has 0 bridgehead atoms. The van der Waals surface area contributed by atoms with E-state index >= 15 is 0 Å². The van der Waals surface area contributed by atoms with E-state index in [1.165, 1.54) is 24.3 Å². The van der Waals surface area contributed by atoms with Gasteiger partial charge in [-0.05, 0) is 55.8 Å². The number of halogens is 1. The molecule has 0 saturated heterocycles. The molecule has 0 saturated carbocycles. The van der Waals surface area contributed by atoms with Crippen LogP contribution in [0, 0.1) is 12.7 Å². The van der Waals surface area contributed by atoms with Gasteiger partial charge in [0, 0.05) is 11.1 Å². The number of anilines is 1. The quantitative estimate of drug-likeness (QED) is 0.618. The molecule has 1 heterocycles.